The predicted molar refractivity (Wildman–Crippen MR) is 97.6 cm³/mol. The monoisotopic (exact) mass is 338 g/mol. The molecule has 0 unspecified atom stereocenters. The molecule has 0 aliphatic carbocycles. The number of rotatable bonds is 8. The summed E-state index contributed by atoms with van der Waals surface area (Å²) in [5.41, 5.74) is 1.01. The van der Waals surface area contributed by atoms with Crippen LogP contribution >= 0.6 is 11.8 Å². The number of aliphatic hydroxyl groups is 1. The molecule has 1 rings (SSSR count). The molecule has 0 heterocycles. The fraction of sp³-hybridized carbons (Fsp3) is 0.632. The van der Waals surface area contributed by atoms with E-state index in [-0.39, 0.29) is 28.7 Å². The molecule has 0 bridgehead atoms. The molecule has 1 aromatic rings. The van der Waals surface area contributed by atoms with E-state index >= 15 is 0 Å². The summed E-state index contributed by atoms with van der Waals surface area (Å²) in [5.74, 6) is 0.290. The molecular formula is C19H30O3S. The third-order valence-corrected chi connectivity index (χ3v) is 4.45. The smallest absolute Gasteiger partial charge is 0.192 e. The predicted octanol–water partition coefficient (Wildman–Crippen LogP) is 4.60. The lowest BCUT2D eigenvalue weighted by Gasteiger charge is -2.28. The Morgan fingerprint density at radius 3 is 2.30 bits per heavy atom. The molecule has 4 heteroatoms. The second kappa shape index (κ2) is 9.45. The third-order valence-electron chi connectivity index (χ3n) is 3.44. The van der Waals surface area contributed by atoms with Crippen LogP contribution in [0.1, 0.15) is 59.1 Å². The topological polar surface area (TPSA) is 46.5 Å². The minimum absolute atomic E-state index is 0.0577. The van der Waals surface area contributed by atoms with Crippen LogP contribution in [0.4, 0.5) is 0 Å². The second-order valence-electron chi connectivity index (χ2n) is 7.12. The van der Waals surface area contributed by atoms with Crippen LogP contribution in [0.5, 0.6) is 0 Å². The van der Waals surface area contributed by atoms with Crippen LogP contribution in [0.2, 0.25) is 0 Å². The molecule has 0 aliphatic rings. The zero-order valence-corrected chi connectivity index (χ0v) is 15.7. The number of thioether (sulfide) groups is 1. The highest BCUT2D eigenvalue weighted by atomic mass is 32.2. The van der Waals surface area contributed by atoms with Crippen molar-refractivity contribution in [2.24, 2.45) is 5.92 Å². The fourth-order valence-electron chi connectivity index (χ4n) is 2.34. The van der Waals surface area contributed by atoms with Gasteiger partial charge in [0.1, 0.15) is 0 Å². The van der Waals surface area contributed by atoms with E-state index in [1.807, 2.05) is 51.1 Å². The average Bonchev–Trinajstić information content (AvgIpc) is 2.44. The number of hydrogen-bond acceptors (Lipinski definition) is 4. The Hall–Kier alpha value is -0.840. The fourth-order valence-corrected chi connectivity index (χ4v) is 3.26. The Kier molecular flexibility index (Phi) is 8.31. The van der Waals surface area contributed by atoms with E-state index in [4.69, 9.17) is 4.74 Å². The van der Waals surface area contributed by atoms with Gasteiger partial charge in [0, 0.05) is 17.8 Å². The van der Waals surface area contributed by atoms with Gasteiger partial charge in [-0.2, -0.15) is 0 Å². The van der Waals surface area contributed by atoms with Gasteiger partial charge in [0.25, 0.3) is 0 Å². The highest BCUT2D eigenvalue weighted by Gasteiger charge is 2.25. The first-order valence-corrected chi connectivity index (χ1v) is 9.07. The number of carbonyl (C=O) groups is 1. The quantitative estimate of drug-likeness (QED) is 0.752. The number of aliphatic hydroxyl groups excluding tert-OH is 1. The summed E-state index contributed by atoms with van der Waals surface area (Å²) in [6.45, 7) is 10.4. The summed E-state index contributed by atoms with van der Waals surface area (Å²) in [5, 5.41) is 9.39. The first-order chi connectivity index (χ1) is 10.7. The Balaban J connectivity index is 2.87. The highest BCUT2D eigenvalue weighted by molar-refractivity contribution is 8.14. The molecule has 0 amide bonds. The van der Waals surface area contributed by atoms with Gasteiger partial charge in [-0.05, 0) is 17.9 Å². The van der Waals surface area contributed by atoms with Gasteiger partial charge in [0.15, 0.2) is 5.12 Å². The van der Waals surface area contributed by atoms with E-state index in [0.717, 1.165) is 5.56 Å². The summed E-state index contributed by atoms with van der Waals surface area (Å²) < 4.78 is 6.13. The van der Waals surface area contributed by atoms with Crippen LogP contribution in [-0.4, -0.2) is 27.7 Å². The average molecular weight is 339 g/mol. The van der Waals surface area contributed by atoms with Crippen molar-refractivity contribution in [2.45, 2.75) is 64.4 Å². The maximum absolute atomic E-state index is 12.4. The Labute approximate surface area is 144 Å². The van der Waals surface area contributed by atoms with E-state index in [9.17, 15) is 9.90 Å². The van der Waals surface area contributed by atoms with Gasteiger partial charge < -0.3 is 9.84 Å². The van der Waals surface area contributed by atoms with Crippen molar-refractivity contribution in [1.82, 2.24) is 0 Å². The molecule has 0 fully saturated rings. The molecule has 23 heavy (non-hydrogen) atoms. The van der Waals surface area contributed by atoms with Crippen LogP contribution in [0.3, 0.4) is 0 Å². The Morgan fingerprint density at radius 1 is 1.22 bits per heavy atom. The van der Waals surface area contributed by atoms with Crippen molar-refractivity contribution in [1.29, 1.82) is 0 Å². The molecule has 0 radical (unpaired) electrons. The molecular weight excluding hydrogens is 308 g/mol. The largest absolute Gasteiger partial charge is 0.396 e. The van der Waals surface area contributed by atoms with E-state index in [1.54, 1.807) is 0 Å². The molecule has 0 aromatic heterocycles. The van der Waals surface area contributed by atoms with Crippen molar-refractivity contribution in [3.8, 4) is 0 Å². The number of ether oxygens (including phenoxy) is 1. The summed E-state index contributed by atoms with van der Waals surface area (Å²) in [6.07, 6.45) is 0.609. The molecule has 0 saturated carbocycles. The summed E-state index contributed by atoms with van der Waals surface area (Å²) >= 11 is 1.36. The Morgan fingerprint density at radius 2 is 1.83 bits per heavy atom. The standard InChI is InChI=1S/C19H30O3S/c1-14(2)16(11-12-20)22-17(15-9-7-6-8-10-15)13-18(21)23-19(3,4)5/h6-10,14,16-17,20H,11-13H2,1-5H3/t16-,17-/m0/s1. The van der Waals surface area contributed by atoms with Gasteiger partial charge in [0.05, 0.1) is 12.2 Å². The molecule has 1 aromatic carbocycles. The van der Waals surface area contributed by atoms with Gasteiger partial charge in [-0.25, -0.2) is 0 Å². The second-order valence-corrected chi connectivity index (χ2v) is 9.00. The highest BCUT2D eigenvalue weighted by Crippen LogP contribution is 2.32. The van der Waals surface area contributed by atoms with Crippen LogP contribution in [-0.2, 0) is 9.53 Å². The van der Waals surface area contributed by atoms with Gasteiger partial charge >= 0.3 is 0 Å². The first-order valence-electron chi connectivity index (χ1n) is 8.26. The molecule has 2 atom stereocenters. The number of hydrogen-bond donors (Lipinski definition) is 1. The molecule has 0 saturated heterocycles. The first kappa shape index (κ1) is 20.2. The van der Waals surface area contributed by atoms with Crippen molar-refractivity contribution in [3.05, 3.63) is 35.9 Å². The minimum Gasteiger partial charge on any atom is -0.396 e. The summed E-state index contributed by atoms with van der Waals surface area (Å²) in [4.78, 5) is 12.4. The lowest BCUT2D eigenvalue weighted by Crippen LogP contribution is -2.25. The third kappa shape index (κ3) is 8.00. The zero-order chi connectivity index (χ0) is 17.5. The van der Waals surface area contributed by atoms with Gasteiger partial charge in [0.2, 0.25) is 0 Å². The number of benzene rings is 1. The molecule has 0 spiro atoms. The minimum atomic E-state index is -0.266. The molecule has 3 nitrogen and oxygen atoms in total. The number of carbonyl (C=O) groups excluding carboxylic acids is 1. The van der Waals surface area contributed by atoms with Crippen LogP contribution in [0.15, 0.2) is 30.3 Å². The van der Waals surface area contributed by atoms with Gasteiger partial charge in [-0.1, -0.05) is 76.7 Å². The van der Waals surface area contributed by atoms with Crippen molar-refractivity contribution < 1.29 is 14.6 Å². The van der Waals surface area contributed by atoms with Crippen LogP contribution in [0, 0.1) is 5.92 Å². The maximum atomic E-state index is 12.4. The summed E-state index contributed by atoms with van der Waals surface area (Å²) in [7, 11) is 0. The van der Waals surface area contributed by atoms with E-state index in [0.29, 0.717) is 18.8 Å². The van der Waals surface area contributed by atoms with E-state index < -0.39 is 0 Å². The lowest BCUT2D eigenvalue weighted by molar-refractivity contribution is -0.116. The Bertz CT molecular complexity index is 465. The molecule has 130 valence electrons. The SMILES string of the molecule is CC(C)[C@H](CCO)O[C@@H](CC(=O)SC(C)(C)C)c1ccccc1. The normalized spacial score (nSPS) is 14.7. The van der Waals surface area contributed by atoms with E-state index in [2.05, 4.69) is 13.8 Å². The van der Waals surface area contributed by atoms with Crippen LogP contribution in [0.25, 0.3) is 0 Å². The zero-order valence-electron chi connectivity index (χ0n) is 14.9. The van der Waals surface area contributed by atoms with Crippen molar-refractivity contribution in [2.75, 3.05) is 6.61 Å². The maximum Gasteiger partial charge on any atom is 0.192 e. The van der Waals surface area contributed by atoms with Gasteiger partial charge in [-0.3, -0.25) is 4.79 Å². The van der Waals surface area contributed by atoms with Crippen LogP contribution < -0.4 is 0 Å². The van der Waals surface area contributed by atoms with Crippen molar-refractivity contribution in [3.63, 3.8) is 0 Å². The van der Waals surface area contributed by atoms with Crippen molar-refractivity contribution >= 4 is 16.9 Å². The molecule has 1 N–H and O–H groups in total. The lowest BCUT2D eigenvalue weighted by atomic mass is 10.0. The summed E-state index contributed by atoms with van der Waals surface area (Å²) in [6, 6.07) is 9.87. The molecule has 0 aliphatic heterocycles. The van der Waals surface area contributed by atoms with E-state index in [1.165, 1.54) is 11.8 Å². The van der Waals surface area contributed by atoms with Gasteiger partial charge in [-0.15, -0.1) is 0 Å².